The van der Waals surface area contributed by atoms with Gasteiger partial charge in [0.05, 0.1) is 18.3 Å². The van der Waals surface area contributed by atoms with Crippen LogP contribution in [0.5, 0.6) is 0 Å². The number of rotatable bonds is 4. The van der Waals surface area contributed by atoms with Crippen molar-refractivity contribution in [3.05, 3.63) is 29.1 Å². The fourth-order valence-corrected chi connectivity index (χ4v) is 2.39. The molecule has 0 N–H and O–H groups in total. The minimum atomic E-state index is -0.462. The first kappa shape index (κ1) is 13.0. The third kappa shape index (κ3) is 2.38. The third-order valence-electron chi connectivity index (χ3n) is 2.82. The van der Waals surface area contributed by atoms with Crippen molar-refractivity contribution in [3.8, 4) is 23.0 Å². The van der Waals surface area contributed by atoms with Crippen LogP contribution in [0.3, 0.4) is 0 Å². The number of hydrogen-bond acceptors (Lipinski definition) is 4. The first-order chi connectivity index (χ1) is 9.67. The number of hydrogen-bond donors (Lipinski definition) is 0. The zero-order valence-electron chi connectivity index (χ0n) is 10.6. The van der Waals surface area contributed by atoms with Crippen LogP contribution in [0.2, 0.25) is 0 Å². The van der Waals surface area contributed by atoms with E-state index in [2.05, 4.69) is 31.2 Å². The van der Waals surface area contributed by atoms with Gasteiger partial charge >= 0.3 is 0 Å². The van der Waals surface area contributed by atoms with Gasteiger partial charge < -0.3 is 9.09 Å². The van der Waals surface area contributed by atoms with E-state index in [1.807, 2.05) is 23.9 Å². The fourth-order valence-electron chi connectivity index (χ4n) is 1.87. The molecule has 0 fully saturated rings. The van der Waals surface area contributed by atoms with Crippen LogP contribution >= 0.6 is 15.9 Å². The summed E-state index contributed by atoms with van der Waals surface area (Å²) in [7, 11) is 1.89. The van der Waals surface area contributed by atoms with Crippen LogP contribution in [0.25, 0.3) is 23.0 Å². The minimum absolute atomic E-state index is 0.218. The highest BCUT2D eigenvalue weighted by Gasteiger charge is 2.15. The average Bonchev–Trinajstić information content (AvgIpc) is 3.09. The van der Waals surface area contributed by atoms with Crippen molar-refractivity contribution in [1.82, 2.24) is 24.5 Å². The predicted molar refractivity (Wildman–Crippen MR) is 73.6 cm³/mol. The maximum Gasteiger partial charge on any atom is 0.274 e. The number of alkyl halides is 1. The molecule has 8 heteroatoms. The van der Waals surface area contributed by atoms with Gasteiger partial charge in [0, 0.05) is 23.9 Å². The normalized spacial score (nSPS) is 11.2. The molecule has 0 bridgehead atoms. The van der Waals surface area contributed by atoms with Crippen molar-refractivity contribution in [2.45, 2.75) is 6.54 Å². The topological polar surface area (TPSA) is 61.7 Å². The molecule has 0 radical (unpaired) electrons. The predicted octanol–water partition coefficient (Wildman–Crippen LogP) is 2.67. The average molecular weight is 340 g/mol. The lowest BCUT2D eigenvalue weighted by molar-refractivity contribution is 0.427. The summed E-state index contributed by atoms with van der Waals surface area (Å²) in [4.78, 5) is 4.33. The molecule has 0 saturated heterocycles. The molecule has 0 atom stereocenters. The minimum Gasteiger partial charge on any atom is -0.345 e. The Labute approximate surface area is 122 Å². The number of halogens is 2. The van der Waals surface area contributed by atoms with Crippen LogP contribution in [0.1, 0.15) is 0 Å². The second kappa shape index (κ2) is 5.20. The molecular weight excluding hydrogens is 329 g/mol. The Kier molecular flexibility index (Phi) is 3.39. The summed E-state index contributed by atoms with van der Waals surface area (Å²) in [5, 5.41) is 7.95. The smallest absolute Gasteiger partial charge is 0.274 e. The van der Waals surface area contributed by atoms with E-state index >= 15 is 0 Å². The van der Waals surface area contributed by atoms with E-state index in [0.29, 0.717) is 17.3 Å². The van der Waals surface area contributed by atoms with Crippen molar-refractivity contribution < 1.29 is 8.91 Å². The molecule has 0 aromatic carbocycles. The Morgan fingerprint density at radius 1 is 1.40 bits per heavy atom. The monoisotopic (exact) mass is 339 g/mol. The largest absolute Gasteiger partial charge is 0.345 e. The van der Waals surface area contributed by atoms with Crippen LogP contribution in [0.4, 0.5) is 4.39 Å². The van der Waals surface area contributed by atoms with Gasteiger partial charge in [0.2, 0.25) is 5.82 Å². The first-order valence-electron chi connectivity index (χ1n) is 5.92. The second-order valence-corrected chi connectivity index (χ2v) is 5.17. The summed E-state index contributed by atoms with van der Waals surface area (Å²) in [6, 6.07) is 1.89. The lowest BCUT2D eigenvalue weighted by Crippen LogP contribution is -1.98. The van der Waals surface area contributed by atoms with E-state index in [-0.39, 0.29) is 6.54 Å². The van der Waals surface area contributed by atoms with Crippen LogP contribution in [0.15, 0.2) is 33.7 Å². The first-order valence-corrected chi connectivity index (χ1v) is 6.71. The van der Waals surface area contributed by atoms with E-state index in [9.17, 15) is 4.39 Å². The number of nitrogens with zero attached hydrogens (tertiary/aromatic N) is 5. The number of aromatic nitrogens is 5. The highest BCUT2D eigenvalue weighted by molar-refractivity contribution is 9.10. The lowest BCUT2D eigenvalue weighted by Gasteiger charge is -1.94. The summed E-state index contributed by atoms with van der Waals surface area (Å²) in [5.41, 5.74) is 1.51. The van der Waals surface area contributed by atoms with Crippen LogP contribution < -0.4 is 0 Å². The Morgan fingerprint density at radius 2 is 2.25 bits per heavy atom. The zero-order valence-corrected chi connectivity index (χ0v) is 12.2. The molecular formula is C12H11BrFN5O. The van der Waals surface area contributed by atoms with E-state index in [4.69, 9.17) is 4.52 Å². The van der Waals surface area contributed by atoms with E-state index < -0.39 is 6.67 Å². The Morgan fingerprint density at radius 3 is 2.95 bits per heavy atom. The molecule has 3 heterocycles. The van der Waals surface area contributed by atoms with Crippen molar-refractivity contribution in [3.63, 3.8) is 0 Å². The quantitative estimate of drug-likeness (QED) is 0.733. The Bertz CT molecular complexity index is 732. The van der Waals surface area contributed by atoms with Gasteiger partial charge in [-0.25, -0.2) is 4.39 Å². The molecule has 0 aliphatic heterocycles. The summed E-state index contributed by atoms with van der Waals surface area (Å²) >= 11 is 3.39. The van der Waals surface area contributed by atoms with Gasteiger partial charge in [-0.2, -0.15) is 10.1 Å². The molecule has 0 saturated carbocycles. The van der Waals surface area contributed by atoms with Crippen molar-refractivity contribution >= 4 is 15.9 Å². The highest BCUT2D eigenvalue weighted by Crippen LogP contribution is 2.25. The molecule has 0 spiro atoms. The molecule has 3 aromatic rings. The summed E-state index contributed by atoms with van der Waals surface area (Å²) < 4.78 is 21.8. The van der Waals surface area contributed by atoms with Crippen molar-refractivity contribution in [2.24, 2.45) is 7.05 Å². The van der Waals surface area contributed by atoms with Crippen molar-refractivity contribution in [1.29, 1.82) is 0 Å². The van der Waals surface area contributed by atoms with Gasteiger partial charge in [-0.3, -0.25) is 4.68 Å². The third-order valence-corrected chi connectivity index (χ3v) is 3.26. The standard InChI is InChI=1S/C12H11BrFN5O/c1-18-7-9(13)4-10(18)12-16-11(17-20-12)8-5-15-19(6-8)3-2-14/h4-7H,2-3H2,1H3. The lowest BCUT2D eigenvalue weighted by atomic mass is 10.3. The molecule has 0 aliphatic rings. The van der Waals surface area contributed by atoms with E-state index in [1.165, 1.54) is 4.68 Å². The zero-order chi connectivity index (χ0) is 14.1. The van der Waals surface area contributed by atoms with Gasteiger partial charge in [0.1, 0.15) is 12.4 Å². The van der Waals surface area contributed by atoms with Crippen LogP contribution in [0, 0.1) is 0 Å². The Hall–Kier alpha value is -1.96. The van der Waals surface area contributed by atoms with Crippen molar-refractivity contribution in [2.75, 3.05) is 6.67 Å². The maximum atomic E-state index is 12.2. The van der Waals surface area contributed by atoms with Crippen LogP contribution in [-0.2, 0) is 13.6 Å². The van der Waals surface area contributed by atoms with E-state index in [0.717, 1.165) is 10.2 Å². The van der Waals surface area contributed by atoms with Gasteiger partial charge in [-0.15, -0.1) is 0 Å². The molecule has 3 rings (SSSR count). The summed E-state index contributed by atoms with van der Waals surface area (Å²) in [5.74, 6) is 0.855. The molecule has 0 unspecified atom stereocenters. The maximum absolute atomic E-state index is 12.2. The summed E-state index contributed by atoms with van der Waals surface area (Å²) in [6.07, 6.45) is 5.18. The number of aryl methyl sites for hydroxylation is 2. The SMILES string of the molecule is Cn1cc(Br)cc1-c1nc(-c2cnn(CCF)c2)no1. The Balaban J connectivity index is 1.91. The van der Waals surface area contributed by atoms with Crippen LogP contribution in [-0.4, -0.2) is 31.2 Å². The second-order valence-electron chi connectivity index (χ2n) is 4.26. The van der Waals surface area contributed by atoms with Gasteiger partial charge in [-0.1, -0.05) is 5.16 Å². The molecule has 3 aromatic heterocycles. The molecule has 0 aliphatic carbocycles. The fraction of sp³-hybridized carbons (Fsp3) is 0.250. The summed E-state index contributed by atoms with van der Waals surface area (Å²) in [6.45, 7) is -0.245. The molecule has 6 nitrogen and oxygen atoms in total. The van der Waals surface area contributed by atoms with Gasteiger partial charge in [0.15, 0.2) is 0 Å². The molecule has 104 valence electrons. The van der Waals surface area contributed by atoms with Gasteiger partial charge in [-0.05, 0) is 22.0 Å². The molecule has 20 heavy (non-hydrogen) atoms. The molecule has 0 amide bonds. The van der Waals surface area contributed by atoms with Gasteiger partial charge in [0.25, 0.3) is 5.89 Å². The van der Waals surface area contributed by atoms with E-state index in [1.54, 1.807) is 12.4 Å². The highest BCUT2D eigenvalue weighted by atomic mass is 79.9.